The molecule has 0 amide bonds. The van der Waals surface area contributed by atoms with Crippen LogP contribution in [0.1, 0.15) is 12.0 Å². The zero-order valence-corrected chi connectivity index (χ0v) is 8.17. The van der Waals surface area contributed by atoms with Crippen LogP contribution in [0.5, 0.6) is 0 Å². The van der Waals surface area contributed by atoms with Gasteiger partial charge < -0.3 is 5.11 Å². The fourth-order valence-electron chi connectivity index (χ4n) is 0.783. The molecule has 1 heterocycles. The van der Waals surface area contributed by atoms with Crippen LogP contribution in [0.2, 0.25) is 0 Å². The first-order valence-electron chi connectivity index (χ1n) is 3.96. The third kappa shape index (κ3) is 3.94. The second-order valence-corrected chi connectivity index (χ2v) is 3.78. The van der Waals surface area contributed by atoms with E-state index in [1.165, 1.54) is 11.8 Å². The second kappa shape index (κ2) is 4.87. The lowest BCUT2D eigenvalue weighted by Crippen LogP contribution is -1.96. The number of rotatable bonds is 4. The van der Waals surface area contributed by atoms with Crippen molar-refractivity contribution in [3.05, 3.63) is 23.9 Å². The highest BCUT2D eigenvalue weighted by Gasteiger charge is 1.98. The maximum absolute atomic E-state index is 10.2. The molecule has 0 fully saturated rings. The summed E-state index contributed by atoms with van der Waals surface area (Å²) in [7, 11) is 0. The highest BCUT2D eigenvalue weighted by Crippen LogP contribution is 2.15. The van der Waals surface area contributed by atoms with Gasteiger partial charge in [-0.3, -0.25) is 4.79 Å². The Kier molecular flexibility index (Phi) is 3.76. The van der Waals surface area contributed by atoms with Gasteiger partial charge in [0.1, 0.15) is 0 Å². The minimum Gasteiger partial charge on any atom is -0.481 e. The summed E-state index contributed by atoms with van der Waals surface area (Å²) in [6.45, 7) is 1.97. The number of hydrogen-bond acceptors (Lipinski definition) is 3. The Balaban J connectivity index is 2.37. The topological polar surface area (TPSA) is 50.2 Å². The number of thioether (sulfide) groups is 1. The summed E-state index contributed by atoms with van der Waals surface area (Å²) in [4.78, 5) is 14.4. The Morgan fingerprint density at radius 2 is 2.38 bits per heavy atom. The van der Waals surface area contributed by atoms with Gasteiger partial charge in [-0.1, -0.05) is 6.07 Å². The summed E-state index contributed by atoms with van der Waals surface area (Å²) < 4.78 is 0. The van der Waals surface area contributed by atoms with E-state index in [0.29, 0.717) is 5.75 Å². The second-order valence-electron chi connectivity index (χ2n) is 2.67. The third-order valence-electron chi connectivity index (χ3n) is 1.45. The van der Waals surface area contributed by atoms with Crippen LogP contribution in [0.3, 0.4) is 0 Å². The van der Waals surface area contributed by atoms with Gasteiger partial charge in [-0.05, 0) is 18.6 Å². The summed E-state index contributed by atoms with van der Waals surface area (Å²) in [5, 5.41) is 9.28. The lowest BCUT2D eigenvalue weighted by Gasteiger charge is -1.98. The Morgan fingerprint density at radius 3 is 2.92 bits per heavy atom. The molecular weight excluding hydrogens is 186 g/mol. The molecule has 0 atom stereocenters. The zero-order chi connectivity index (χ0) is 9.68. The number of aryl methyl sites for hydroxylation is 1. The molecule has 0 aliphatic carbocycles. The number of carboxylic acid groups (broad SMARTS) is 1. The lowest BCUT2D eigenvalue weighted by molar-refractivity contribution is -0.136. The van der Waals surface area contributed by atoms with Gasteiger partial charge in [0.25, 0.3) is 0 Å². The number of carboxylic acids is 1. The minimum absolute atomic E-state index is 0.181. The number of nitrogens with zero attached hydrogens (tertiary/aromatic N) is 1. The van der Waals surface area contributed by atoms with Crippen molar-refractivity contribution < 1.29 is 9.90 Å². The Hall–Kier alpha value is -1.03. The largest absolute Gasteiger partial charge is 0.481 e. The van der Waals surface area contributed by atoms with E-state index in [4.69, 9.17) is 5.11 Å². The number of aromatic nitrogens is 1. The van der Waals surface area contributed by atoms with Gasteiger partial charge in [0.2, 0.25) is 0 Å². The summed E-state index contributed by atoms with van der Waals surface area (Å²) in [6.07, 6.45) is 1.96. The van der Waals surface area contributed by atoms with Gasteiger partial charge in [-0.25, -0.2) is 4.98 Å². The fourth-order valence-corrected chi connectivity index (χ4v) is 1.56. The van der Waals surface area contributed by atoms with Crippen LogP contribution < -0.4 is 0 Å². The number of aliphatic carboxylic acids is 1. The number of pyridine rings is 1. The SMILES string of the molecule is Cc1ccc(SCCC(=O)O)nc1. The van der Waals surface area contributed by atoms with Crippen LogP contribution in [0.25, 0.3) is 0 Å². The van der Waals surface area contributed by atoms with Crippen molar-refractivity contribution in [1.29, 1.82) is 0 Å². The van der Waals surface area contributed by atoms with Gasteiger partial charge in [0.05, 0.1) is 11.4 Å². The monoisotopic (exact) mass is 197 g/mol. The Morgan fingerprint density at radius 1 is 1.62 bits per heavy atom. The smallest absolute Gasteiger partial charge is 0.304 e. The third-order valence-corrected chi connectivity index (χ3v) is 2.40. The highest BCUT2D eigenvalue weighted by atomic mass is 32.2. The van der Waals surface area contributed by atoms with E-state index in [-0.39, 0.29) is 6.42 Å². The predicted octanol–water partition coefficient (Wildman–Crippen LogP) is 1.96. The van der Waals surface area contributed by atoms with Crippen LogP contribution in [-0.4, -0.2) is 21.8 Å². The molecule has 0 aromatic carbocycles. The summed E-state index contributed by atoms with van der Waals surface area (Å²) in [5.41, 5.74) is 1.11. The average molecular weight is 197 g/mol. The molecule has 4 heteroatoms. The lowest BCUT2D eigenvalue weighted by atomic mass is 10.3. The summed E-state index contributed by atoms with van der Waals surface area (Å²) in [5.74, 6) is -0.189. The first-order valence-corrected chi connectivity index (χ1v) is 4.94. The molecule has 1 N–H and O–H groups in total. The maximum Gasteiger partial charge on any atom is 0.304 e. The molecule has 0 spiro atoms. The minimum atomic E-state index is -0.764. The van der Waals surface area contributed by atoms with E-state index in [0.717, 1.165) is 10.6 Å². The standard InChI is InChI=1S/C9H11NO2S/c1-7-2-3-8(10-6-7)13-5-4-9(11)12/h2-3,6H,4-5H2,1H3,(H,11,12). The van der Waals surface area contributed by atoms with Crippen molar-refractivity contribution in [2.24, 2.45) is 0 Å². The molecule has 70 valence electrons. The van der Waals surface area contributed by atoms with Crippen molar-refractivity contribution >= 4 is 17.7 Å². The van der Waals surface area contributed by atoms with Crippen molar-refractivity contribution in [2.45, 2.75) is 18.4 Å². The molecule has 1 aromatic heterocycles. The van der Waals surface area contributed by atoms with E-state index in [2.05, 4.69) is 4.98 Å². The molecule has 0 radical (unpaired) electrons. The van der Waals surface area contributed by atoms with Gasteiger partial charge >= 0.3 is 5.97 Å². The van der Waals surface area contributed by atoms with E-state index in [9.17, 15) is 4.79 Å². The van der Waals surface area contributed by atoms with E-state index in [1.54, 1.807) is 6.20 Å². The molecule has 0 aliphatic rings. The summed E-state index contributed by atoms with van der Waals surface area (Å²) in [6, 6.07) is 3.87. The van der Waals surface area contributed by atoms with Crippen LogP contribution in [0.4, 0.5) is 0 Å². The first kappa shape index (κ1) is 10.1. The van der Waals surface area contributed by atoms with Crippen molar-refractivity contribution in [2.75, 3.05) is 5.75 Å². The van der Waals surface area contributed by atoms with Crippen molar-refractivity contribution in [1.82, 2.24) is 4.98 Å². The van der Waals surface area contributed by atoms with Crippen LogP contribution in [0.15, 0.2) is 23.4 Å². The fraction of sp³-hybridized carbons (Fsp3) is 0.333. The zero-order valence-electron chi connectivity index (χ0n) is 7.36. The highest BCUT2D eigenvalue weighted by molar-refractivity contribution is 7.99. The molecule has 1 aromatic rings. The Bertz CT molecular complexity index is 284. The predicted molar refractivity (Wildman–Crippen MR) is 52.0 cm³/mol. The molecule has 1 rings (SSSR count). The molecule has 0 unspecified atom stereocenters. The van der Waals surface area contributed by atoms with Gasteiger partial charge in [-0.2, -0.15) is 0 Å². The van der Waals surface area contributed by atoms with Crippen LogP contribution >= 0.6 is 11.8 Å². The van der Waals surface area contributed by atoms with Crippen LogP contribution in [-0.2, 0) is 4.79 Å². The quantitative estimate of drug-likeness (QED) is 0.749. The Labute approximate surface area is 81.2 Å². The molecule has 3 nitrogen and oxygen atoms in total. The molecule has 0 saturated carbocycles. The molecule has 0 saturated heterocycles. The normalized spacial score (nSPS) is 9.92. The first-order chi connectivity index (χ1) is 6.18. The molecular formula is C9H11NO2S. The van der Waals surface area contributed by atoms with Crippen molar-refractivity contribution in [3.63, 3.8) is 0 Å². The number of hydrogen-bond donors (Lipinski definition) is 1. The molecule has 0 aliphatic heterocycles. The van der Waals surface area contributed by atoms with E-state index < -0.39 is 5.97 Å². The molecule has 0 bridgehead atoms. The summed E-state index contributed by atoms with van der Waals surface area (Å²) >= 11 is 1.47. The van der Waals surface area contributed by atoms with Gasteiger partial charge in [0, 0.05) is 11.9 Å². The van der Waals surface area contributed by atoms with E-state index >= 15 is 0 Å². The average Bonchev–Trinajstić information content (AvgIpc) is 2.08. The molecule has 13 heavy (non-hydrogen) atoms. The van der Waals surface area contributed by atoms with Crippen molar-refractivity contribution in [3.8, 4) is 0 Å². The van der Waals surface area contributed by atoms with Gasteiger partial charge in [-0.15, -0.1) is 11.8 Å². The number of carbonyl (C=O) groups is 1. The van der Waals surface area contributed by atoms with E-state index in [1.807, 2.05) is 19.1 Å². The van der Waals surface area contributed by atoms with Crippen LogP contribution in [0, 0.1) is 6.92 Å². The van der Waals surface area contributed by atoms with Gasteiger partial charge in [0.15, 0.2) is 0 Å². The maximum atomic E-state index is 10.2.